The monoisotopic (exact) mass is 670 g/mol. The SMILES string of the molecule is Cc1cc(F)c(C(=O)Nc2cccc(S(N)(=O)=O)c2)cc1F.Cc1cc(F)c(C(=O)O)cc1F.Nc1cccc(S(N)(=O)=O)c1. The van der Waals surface area contributed by atoms with E-state index in [0.717, 1.165) is 24.3 Å². The number of carboxylic acid groups (broad SMARTS) is 1. The second-order valence-electron chi connectivity index (χ2n) is 9.11. The van der Waals surface area contributed by atoms with Gasteiger partial charge in [0.1, 0.15) is 23.3 Å². The zero-order valence-corrected chi connectivity index (χ0v) is 25.0. The van der Waals surface area contributed by atoms with Crippen molar-refractivity contribution in [1.29, 1.82) is 0 Å². The van der Waals surface area contributed by atoms with E-state index in [1.807, 2.05) is 0 Å². The number of hydrogen-bond donors (Lipinski definition) is 5. The van der Waals surface area contributed by atoms with Crippen LogP contribution in [0.25, 0.3) is 0 Å². The average Bonchev–Trinajstić information content (AvgIpc) is 2.92. The lowest BCUT2D eigenvalue weighted by Crippen LogP contribution is -2.16. The molecule has 0 unspecified atom stereocenters. The summed E-state index contributed by atoms with van der Waals surface area (Å²) in [6, 6.07) is 14.2. The molecule has 11 nitrogen and oxygen atoms in total. The van der Waals surface area contributed by atoms with Crippen LogP contribution < -0.4 is 21.3 Å². The van der Waals surface area contributed by atoms with E-state index in [1.165, 1.54) is 50.2 Å². The smallest absolute Gasteiger partial charge is 0.338 e. The van der Waals surface area contributed by atoms with Crippen molar-refractivity contribution in [3.8, 4) is 0 Å². The first kappa shape index (κ1) is 36.4. The van der Waals surface area contributed by atoms with E-state index in [-0.39, 0.29) is 26.6 Å². The minimum Gasteiger partial charge on any atom is -0.478 e. The molecule has 0 saturated heterocycles. The molecule has 4 aromatic carbocycles. The lowest BCUT2D eigenvalue weighted by Gasteiger charge is -2.08. The number of sulfonamides is 2. The second-order valence-corrected chi connectivity index (χ2v) is 12.2. The third-order valence-electron chi connectivity index (χ3n) is 5.58. The fourth-order valence-corrected chi connectivity index (χ4v) is 4.40. The molecule has 8 N–H and O–H groups in total. The Morgan fingerprint density at radius 1 is 0.667 bits per heavy atom. The van der Waals surface area contributed by atoms with Crippen LogP contribution in [-0.2, 0) is 20.0 Å². The van der Waals surface area contributed by atoms with E-state index in [1.54, 1.807) is 6.07 Å². The Labute approximate surface area is 255 Å². The maximum absolute atomic E-state index is 13.7. The van der Waals surface area contributed by atoms with Crippen molar-refractivity contribution < 1.29 is 49.1 Å². The minimum absolute atomic E-state index is 0.0394. The van der Waals surface area contributed by atoms with Crippen LogP contribution in [0.5, 0.6) is 0 Å². The lowest BCUT2D eigenvalue weighted by molar-refractivity contribution is 0.0691. The van der Waals surface area contributed by atoms with Crippen LogP contribution >= 0.6 is 0 Å². The molecule has 0 aliphatic carbocycles. The predicted molar refractivity (Wildman–Crippen MR) is 157 cm³/mol. The van der Waals surface area contributed by atoms with Gasteiger partial charge in [0.2, 0.25) is 20.0 Å². The predicted octanol–water partition coefficient (Wildman–Crippen LogP) is 4.06. The van der Waals surface area contributed by atoms with E-state index < -0.39 is 66.3 Å². The van der Waals surface area contributed by atoms with Crippen LogP contribution in [0.4, 0.5) is 28.9 Å². The van der Waals surface area contributed by atoms with Crippen LogP contribution in [0, 0.1) is 37.1 Å². The molecule has 4 rings (SSSR count). The molecule has 0 fully saturated rings. The van der Waals surface area contributed by atoms with Crippen molar-refractivity contribution in [1.82, 2.24) is 0 Å². The standard InChI is InChI=1S/C14H12F2N2O3S.C8H6F2O2.C6H8N2O2S/c1-8-5-13(16)11(7-12(8)15)14(19)18-9-3-2-4-10(6-9)22(17,20)21;1-4-2-7(10)5(8(11)12)3-6(4)9;7-5-2-1-3-6(4-5)11(8,9)10/h2-7H,1H3,(H,18,19)(H2,17,20,21);2-3H,1H3,(H,11,12);1-4H,7H2,(H2,8,9,10). The third kappa shape index (κ3) is 10.7. The quantitative estimate of drug-likeness (QED) is 0.154. The van der Waals surface area contributed by atoms with Crippen LogP contribution in [0.1, 0.15) is 31.8 Å². The van der Waals surface area contributed by atoms with Gasteiger partial charge in [-0.05, 0) is 85.6 Å². The van der Waals surface area contributed by atoms with Crippen LogP contribution in [0.15, 0.2) is 82.6 Å². The molecule has 0 spiro atoms. The number of benzene rings is 4. The number of hydrogen-bond acceptors (Lipinski definition) is 7. The van der Waals surface area contributed by atoms with E-state index in [2.05, 4.69) is 5.32 Å². The molecule has 0 radical (unpaired) electrons. The molecule has 1 amide bonds. The van der Waals surface area contributed by atoms with E-state index >= 15 is 0 Å². The molecule has 17 heteroatoms. The third-order valence-corrected chi connectivity index (χ3v) is 7.40. The molecule has 0 atom stereocenters. The number of anilines is 2. The summed E-state index contributed by atoms with van der Waals surface area (Å²) in [5.74, 6) is -5.59. The number of primary sulfonamides is 2. The van der Waals surface area contributed by atoms with Crippen molar-refractivity contribution in [3.63, 3.8) is 0 Å². The first-order valence-corrected chi connectivity index (χ1v) is 15.3. The van der Waals surface area contributed by atoms with Crippen molar-refractivity contribution >= 4 is 43.3 Å². The summed E-state index contributed by atoms with van der Waals surface area (Å²) in [6.45, 7) is 2.74. The van der Waals surface area contributed by atoms with Gasteiger partial charge in [-0.3, -0.25) is 4.79 Å². The maximum Gasteiger partial charge on any atom is 0.338 e. The number of carbonyl (C=O) groups is 2. The highest BCUT2D eigenvalue weighted by atomic mass is 32.2. The molecule has 0 aliphatic rings. The van der Waals surface area contributed by atoms with E-state index in [9.17, 15) is 44.0 Å². The van der Waals surface area contributed by atoms with Gasteiger partial charge in [0.25, 0.3) is 5.91 Å². The summed E-state index contributed by atoms with van der Waals surface area (Å²) >= 11 is 0. The average molecular weight is 671 g/mol. The van der Waals surface area contributed by atoms with Gasteiger partial charge in [0, 0.05) is 11.4 Å². The number of nitrogen functional groups attached to an aromatic ring is 1. The summed E-state index contributed by atoms with van der Waals surface area (Å²) in [4.78, 5) is 22.1. The first-order valence-electron chi connectivity index (χ1n) is 12.2. The highest BCUT2D eigenvalue weighted by Gasteiger charge is 2.16. The molecule has 0 heterocycles. The number of carbonyl (C=O) groups excluding carboxylic acids is 1. The van der Waals surface area contributed by atoms with E-state index in [4.69, 9.17) is 21.1 Å². The number of halogens is 4. The molecule has 240 valence electrons. The Hall–Kier alpha value is -4.84. The zero-order valence-electron chi connectivity index (χ0n) is 23.4. The molecule has 4 aromatic rings. The number of nitrogens with two attached hydrogens (primary N) is 3. The maximum atomic E-state index is 13.7. The van der Waals surface area contributed by atoms with Gasteiger partial charge in [-0.1, -0.05) is 12.1 Å². The summed E-state index contributed by atoms with van der Waals surface area (Å²) in [5.41, 5.74) is 4.86. The molecular weight excluding hydrogens is 644 g/mol. The van der Waals surface area contributed by atoms with Crippen molar-refractivity contribution in [3.05, 3.63) is 118 Å². The molecule has 45 heavy (non-hydrogen) atoms. The van der Waals surface area contributed by atoms with Crippen molar-refractivity contribution in [2.75, 3.05) is 11.1 Å². The second kappa shape index (κ2) is 14.8. The highest BCUT2D eigenvalue weighted by molar-refractivity contribution is 7.89. The van der Waals surface area contributed by atoms with Crippen LogP contribution in [0.2, 0.25) is 0 Å². The van der Waals surface area contributed by atoms with Gasteiger partial charge in [0.15, 0.2) is 0 Å². The molecule has 0 aliphatic heterocycles. The Kier molecular flexibility index (Phi) is 11.9. The number of rotatable bonds is 5. The van der Waals surface area contributed by atoms with Gasteiger partial charge in [-0.15, -0.1) is 0 Å². The Balaban J connectivity index is 0.000000259. The van der Waals surface area contributed by atoms with E-state index in [0.29, 0.717) is 11.8 Å². The summed E-state index contributed by atoms with van der Waals surface area (Å²) in [7, 11) is -7.54. The van der Waals surface area contributed by atoms with Gasteiger partial charge in [0.05, 0.1) is 20.9 Å². The minimum atomic E-state index is -3.93. The normalized spacial score (nSPS) is 10.9. The number of aryl methyl sites for hydroxylation is 2. The summed E-state index contributed by atoms with van der Waals surface area (Å²) in [5, 5.41) is 20.5. The van der Waals surface area contributed by atoms with Gasteiger partial charge in [-0.2, -0.15) is 0 Å². The topological polar surface area (TPSA) is 213 Å². The fourth-order valence-electron chi connectivity index (χ4n) is 3.27. The van der Waals surface area contributed by atoms with Crippen molar-refractivity contribution in [2.45, 2.75) is 23.6 Å². The van der Waals surface area contributed by atoms with Crippen molar-refractivity contribution in [2.24, 2.45) is 10.3 Å². The Morgan fingerprint density at radius 2 is 1.11 bits per heavy atom. The zero-order chi connectivity index (χ0) is 34.3. The highest BCUT2D eigenvalue weighted by Crippen LogP contribution is 2.19. The Bertz CT molecular complexity index is 1970. The van der Waals surface area contributed by atoms with Gasteiger partial charge >= 0.3 is 5.97 Å². The first-order chi connectivity index (χ1) is 20.7. The fraction of sp³-hybridized carbons (Fsp3) is 0.0714. The number of carboxylic acids is 1. The summed E-state index contributed by atoms with van der Waals surface area (Å²) in [6.07, 6.45) is 0. The molecule has 0 bridgehead atoms. The Morgan fingerprint density at radius 3 is 1.56 bits per heavy atom. The largest absolute Gasteiger partial charge is 0.478 e. The molecule has 0 saturated carbocycles. The number of amides is 1. The molecule has 0 aromatic heterocycles. The summed E-state index contributed by atoms with van der Waals surface area (Å²) < 4.78 is 96.4. The lowest BCUT2D eigenvalue weighted by atomic mass is 10.1. The number of nitrogens with one attached hydrogen (secondary N) is 1. The molecular formula is C28H26F4N4O7S2. The van der Waals surface area contributed by atoms with Gasteiger partial charge in [-0.25, -0.2) is 49.5 Å². The number of aromatic carboxylic acids is 1. The van der Waals surface area contributed by atoms with Crippen LogP contribution in [0.3, 0.4) is 0 Å². The van der Waals surface area contributed by atoms with Crippen LogP contribution in [-0.4, -0.2) is 33.8 Å². The van der Waals surface area contributed by atoms with Gasteiger partial charge < -0.3 is 16.2 Å².